The van der Waals surface area contributed by atoms with Gasteiger partial charge < -0.3 is 9.13 Å². The number of rotatable bonds is 4. The monoisotopic (exact) mass is 614 g/mol. The lowest BCUT2D eigenvalue weighted by Crippen LogP contribution is -2.00. The van der Waals surface area contributed by atoms with Crippen molar-refractivity contribution < 1.29 is 0 Å². The van der Waals surface area contributed by atoms with E-state index in [0.29, 0.717) is 0 Å². The fourth-order valence-corrected chi connectivity index (χ4v) is 7.53. The molecule has 0 saturated heterocycles. The van der Waals surface area contributed by atoms with Gasteiger partial charge in [0.1, 0.15) is 5.82 Å². The topological polar surface area (TPSA) is 27.7 Å². The van der Waals surface area contributed by atoms with E-state index in [-0.39, 0.29) is 0 Å². The Hall–Kier alpha value is -6.39. The van der Waals surface area contributed by atoms with Gasteiger partial charge in [-0.2, -0.15) is 0 Å². The molecule has 3 heterocycles. The Morgan fingerprint density at radius 3 is 1.88 bits per heavy atom. The number of nitrogens with zero attached hydrogens (tertiary/aromatic N) is 4. The largest absolute Gasteiger partial charge is 0.309 e. The fraction of sp³-hybridized carbons (Fsp3) is 0.0227. The molecule has 10 rings (SSSR count). The number of hydrogen-bond acceptors (Lipinski definition) is 1. The standard InChI is InChI=1S/C44H30N4/c1-4-14-30(15-5-1)44-45-38-20-11-13-23-41(38)48(44)33-26-24-32(25-27-33)47-40-22-12-10-19-35(40)37-28-36-34-18-8-3-9-21-39(34)46(42(36)29-43(37)47)31-16-6-2-7-17-31/h1-2,4-29H,3H2. The molecule has 4 nitrogen and oxygen atoms in total. The van der Waals surface area contributed by atoms with E-state index in [1.54, 1.807) is 0 Å². The minimum atomic E-state index is 0.935. The van der Waals surface area contributed by atoms with Crippen molar-refractivity contribution in [3.05, 3.63) is 169 Å². The van der Waals surface area contributed by atoms with Gasteiger partial charge in [-0.05, 0) is 79.2 Å². The van der Waals surface area contributed by atoms with Crippen molar-refractivity contribution in [2.24, 2.45) is 0 Å². The number of hydrogen-bond donors (Lipinski definition) is 0. The quantitative estimate of drug-likeness (QED) is 0.194. The molecule has 0 bridgehead atoms. The number of benzene rings is 6. The molecule has 1 aliphatic rings. The first kappa shape index (κ1) is 26.8. The predicted molar refractivity (Wildman–Crippen MR) is 200 cm³/mol. The molecule has 0 fully saturated rings. The van der Waals surface area contributed by atoms with E-state index < -0.39 is 0 Å². The molecule has 226 valence electrons. The highest BCUT2D eigenvalue weighted by atomic mass is 15.1. The van der Waals surface area contributed by atoms with Crippen LogP contribution in [0.4, 0.5) is 0 Å². The van der Waals surface area contributed by atoms with E-state index in [1.807, 2.05) is 6.07 Å². The summed E-state index contributed by atoms with van der Waals surface area (Å²) >= 11 is 0. The maximum atomic E-state index is 5.05. The molecule has 0 unspecified atom stereocenters. The smallest absolute Gasteiger partial charge is 0.145 e. The van der Waals surface area contributed by atoms with Crippen LogP contribution in [0.1, 0.15) is 17.7 Å². The summed E-state index contributed by atoms with van der Waals surface area (Å²) in [5.74, 6) is 0.938. The molecule has 48 heavy (non-hydrogen) atoms. The van der Waals surface area contributed by atoms with E-state index in [9.17, 15) is 0 Å². The van der Waals surface area contributed by atoms with E-state index in [2.05, 4.69) is 178 Å². The van der Waals surface area contributed by atoms with Crippen LogP contribution in [0.2, 0.25) is 0 Å². The van der Waals surface area contributed by atoms with Crippen molar-refractivity contribution in [2.75, 3.05) is 0 Å². The van der Waals surface area contributed by atoms with Crippen LogP contribution < -0.4 is 0 Å². The summed E-state index contributed by atoms with van der Waals surface area (Å²) in [5.41, 5.74) is 12.6. The van der Waals surface area contributed by atoms with Crippen molar-refractivity contribution in [1.29, 1.82) is 0 Å². The van der Waals surface area contributed by atoms with Gasteiger partial charge in [-0.1, -0.05) is 97.1 Å². The van der Waals surface area contributed by atoms with Crippen molar-refractivity contribution in [3.8, 4) is 28.5 Å². The molecule has 6 aromatic carbocycles. The first-order chi connectivity index (χ1) is 23.8. The lowest BCUT2D eigenvalue weighted by atomic mass is 10.1. The summed E-state index contributed by atoms with van der Waals surface area (Å²) in [6.45, 7) is 0. The van der Waals surface area contributed by atoms with Gasteiger partial charge in [0, 0.05) is 44.3 Å². The van der Waals surface area contributed by atoms with E-state index in [4.69, 9.17) is 4.98 Å². The zero-order valence-electron chi connectivity index (χ0n) is 26.2. The summed E-state index contributed by atoms with van der Waals surface area (Å²) in [6.07, 6.45) is 10.0. The Labute approximate surface area is 277 Å². The van der Waals surface area contributed by atoms with Crippen molar-refractivity contribution in [1.82, 2.24) is 18.7 Å². The minimum absolute atomic E-state index is 0.935. The average molecular weight is 615 g/mol. The Bertz CT molecular complexity index is 2720. The first-order valence-corrected chi connectivity index (χ1v) is 16.5. The first-order valence-electron chi connectivity index (χ1n) is 16.5. The highest BCUT2D eigenvalue weighted by Crippen LogP contribution is 2.40. The molecule has 9 aromatic rings. The molecule has 0 radical (unpaired) electrons. The zero-order valence-corrected chi connectivity index (χ0v) is 26.2. The average Bonchev–Trinajstić information content (AvgIpc) is 3.71. The Balaban J connectivity index is 1.21. The Morgan fingerprint density at radius 2 is 1.06 bits per heavy atom. The van der Waals surface area contributed by atoms with E-state index in [0.717, 1.165) is 45.9 Å². The fourth-order valence-electron chi connectivity index (χ4n) is 7.53. The molecule has 0 spiro atoms. The van der Waals surface area contributed by atoms with Crippen LogP contribution >= 0.6 is 0 Å². The molecule has 1 aliphatic carbocycles. The third-order valence-corrected chi connectivity index (χ3v) is 9.64. The Morgan fingerprint density at radius 1 is 0.438 bits per heavy atom. The predicted octanol–water partition coefficient (Wildman–Crippen LogP) is 11.2. The molecule has 0 amide bonds. The van der Waals surface area contributed by atoms with Gasteiger partial charge >= 0.3 is 0 Å². The van der Waals surface area contributed by atoms with Crippen LogP contribution in [-0.2, 0) is 0 Å². The second-order valence-electron chi connectivity index (χ2n) is 12.4. The van der Waals surface area contributed by atoms with Gasteiger partial charge in [-0.3, -0.25) is 4.57 Å². The van der Waals surface area contributed by atoms with Crippen molar-refractivity contribution in [2.45, 2.75) is 6.42 Å². The Kier molecular flexibility index (Phi) is 5.90. The highest BCUT2D eigenvalue weighted by Gasteiger charge is 2.21. The third kappa shape index (κ3) is 3.99. The van der Waals surface area contributed by atoms with Gasteiger partial charge in [-0.25, -0.2) is 4.98 Å². The van der Waals surface area contributed by atoms with Crippen LogP contribution in [0.25, 0.3) is 84.3 Å². The van der Waals surface area contributed by atoms with Crippen LogP contribution in [0.3, 0.4) is 0 Å². The summed E-state index contributed by atoms with van der Waals surface area (Å²) < 4.78 is 7.10. The molecule has 0 N–H and O–H groups in total. The number of allylic oxidation sites excluding steroid dienone is 2. The van der Waals surface area contributed by atoms with Crippen LogP contribution in [0, 0.1) is 0 Å². The zero-order chi connectivity index (χ0) is 31.6. The minimum Gasteiger partial charge on any atom is -0.309 e. The normalized spacial score (nSPS) is 12.8. The number of aromatic nitrogens is 4. The van der Waals surface area contributed by atoms with E-state index in [1.165, 1.54) is 44.0 Å². The van der Waals surface area contributed by atoms with Gasteiger partial charge in [0.05, 0.1) is 33.3 Å². The van der Waals surface area contributed by atoms with E-state index >= 15 is 0 Å². The molecule has 3 aromatic heterocycles. The molecule has 4 heteroatoms. The van der Waals surface area contributed by atoms with Gasteiger partial charge in [0.25, 0.3) is 0 Å². The number of imidazole rings is 1. The second kappa shape index (κ2) is 10.6. The summed E-state index contributed by atoms with van der Waals surface area (Å²) in [6, 6.07) is 52.0. The lowest BCUT2D eigenvalue weighted by Gasteiger charge is -2.13. The van der Waals surface area contributed by atoms with Gasteiger partial charge in [-0.15, -0.1) is 0 Å². The molecule has 0 aliphatic heterocycles. The van der Waals surface area contributed by atoms with Crippen LogP contribution in [0.5, 0.6) is 0 Å². The summed E-state index contributed by atoms with van der Waals surface area (Å²) in [5, 5.41) is 3.77. The van der Waals surface area contributed by atoms with Crippen LogP contribution in [0.15, 0.2) is 158 Å². The third-order valence-electron chi connectivity index (χ3n) is 9.64. The molecular formula is C44H30N4. The molecule has 0 atom stereocenters. The second-order valence-corrected chi connectivity index (χ2v) is 12.4. The van der Waals surface area contributed by atoms with Gasteiger partial charge in [0.15, 0.2) is 0 Å². The SMILES string of the molecule is C1=Cc2c(n(-c3ccccc3)c3cc4c(cc23)c2ccccc2n4-c2ccc(-n3c(-c4ccccc4)nc4ccccc43)cc2)C=CC1. The summed E-state index contributed by atoms with van der Waals surface area (Å²) in [4.78, 5) is 5.05. The number of para-hydroxylation sites is 4. The maximum absolute atomic E-state index is 5.05. The number of fused-ring (bicyclic) bond motifs is 7. The molecule has 0 saturated carbocycles. The van der Waals surface area contributed by atoms with Gasteiger partial charge in [0.2, 0.25) is 0 Å². The highest BCUT2D eigenvalue weighted by molar-refractivity contribution is 6.15. The van der Waals surface area contributed by atoms with Crippen molar-refractivity contribution in [3.63, 3.8) is 0 Å². The van der Waals surface area contributed by atoms with Crippen LogP contribution in [-0.4, -0.2) is 18.7 Å². The van der Waals surface area contributed by atoms with Crippen molar-refractivity contribution >= 4 is 55.9 Å². The maximum Gasteiger partial charge on any atom is 0.145 e. The molecular weight excluding hydrogens is 585 g/mol. The lowest BCUT2D eigenvalue weighted by molar-refractivity contribution is 1.09. The summed E-state index contributed by atoms with van der Waals surface area (Å²) in [7, 11) is 0.